The lowest BCUT2D eigenvalue weighted by molar-refractivity contribution is -0.116. The first-order valence-electron chi connectivity index (χ1n) is 10.5. The molecule has 2 aromatic carbocycles. The van der Waals surface area contributed by atoms with Crippen LogP contribution in [-0.4, -0.2) is 43.5 Å². The Morgan fingerprint density at radius 1 is 1.03 bits per heavy atom. The summed E-state index contributed by atoms with van der Waals surface area (Å²) >= 11 is 0. The van der Waals surface area contributed by atoms with Gasteiger partial charge in [-0.25, -0.2) is 0 Å². The lowest BCUT2D eigenvalue weighted by Crippen LogP contribution is -2.29. The molecule has 3 aromatic rings. The summed E-state index contributed by atoms with van der Waals surface area (Å²) in [7, 11) is 1.88. The van der Waals surface area contributed by atoms with Gasteiger partial charge in [0.15, 0.2) is 7.28 Å². The summed E-state index contributed by atoms with van der Waals surface area (Å²) in [5.41, 5.74) is 8.29. The topological polar surface area (TPSA) is 73.5 Å². The van der Waals surface area contributed by atoms with Crippen LogP contribution < -0.4 is 15.3 Å². The summed E-state index contributed by atoms with van der Waals surface area (Å²) in [5.74, 6) is -0.0261. The first-order valence-corrected chi connectivity index (χ1v) is 10.5. The van der Waals surface area contributed by atoms with E-state index in [0.717, 1.165) is 63.6 Å². The molecule has 0 spiro atoms. The number of amides is 2. The molecule has 31 heavy (non-hydrogen) atoms. The van der Waals surface area contributed by atoms with Gasteiger partial charge in [-0.2, -0.15) is 0 Å². The highest BCUT2D eigenvalue weighted by atomic mass is 16.2. The Morgan fingerprint density at radius 2 is 1.77 bits per heavy atom. The van der Waals surface area contributed by atoms with Gasteiger partial charge in [0.25, 0.3) is 5.91 Å². The smallest absolute Gasteiger partial charge is 0.274 e. The van der Waals surface area contributed by atoms with E-state index in [1.807, 2.05) is 48.6 Å². The number of aldehydes is 1. The lowest BCUT2D eigenvalue weighted by Gasteiger charge is -2.17. The van der Waals surface area contributed by atoms with E-state index in [2.05, 4.69) is 4.98 Å². The number of fused-ring (bicyclic) bond motifs is 6. The summed E-state index contributed by atoms with van der Waals surface area (Å²) < 4.78 is 0. The van der Waals surface area contributed by atoms with Crippen molar-refractivity contribution in [3.05, 3.63) is 58.2 Å². The molecular formula is C24H19BN3O3. The number of aromatic nitrogens is 1. The second kappa shape index (κ2) is 6.44. The predicted octanol–water partition coefficient (Wildman–Crippen LogP) is 2.16. The Bertz CT molecular complexity index is 1350. The van der Waals surface area contributed by atoms with Crippen LogP contribution in [0.5, 0.6) is 0 Å². The van der Waals surface area contributed by atoms with Gasteiger partial charge in [0.2, 0.25) is 5.91 Å². The third-order valence-corrected chi connectivity index (χ3v) is 6.63. The van der Waals surface area contributed by atoms with Crippen molar-refractivity contribution in [1.82, 2.24) is 4.98 Å². The number of benzene rings is 2. The van der Waals surface area contributed by atoms with Crippen LogP contribution in [0.1, 0.15) is 34.1 Å². The first kappa shape index (κ1) is 18.2. The molecule has 3 aliphatic heterocycles. The molecule has 1 N–H and O–H groups in total. The van der Waals surface area contributed by atoms with Crippen molar-refractivity contribution in [2.75, 3.05) is 22.9 Å². The van der Waals surface area contributed by atoms with Crippen LogP contribution in [0.15, 0.2) is 35.8 Å². The number of aromatic amines is 1. The number of carbonyl (C=O) groups is 3. The van der Waals surface area contributed by atoms with Crippen LogP contribution in [0.3, 0.4) is 0 Å². The molecule has 6 rings (SSSR count). The van der Waals surface area contributed by atoms with E-state index in [4.69, 9.17) is 0 Å². The van der Waals surface area contributed by atoms with E-state index < -0.39 is 0 Å². The average Bonchev–Trinajstić information content (AvgIpc) is 3.54. The lowest BCUT2D eigenvalue weighted by atomic mass is 9.67. The summed E-state index contributed by atoms with van der Waals surface area (Å²) in [6, 6.07) is 9.77. The van der Waals surface area contributed by atoms with E-state index >= 15 is 0 Å². The maximum atomic E-state index is 13.4. The minimum atomic E-state index is -0.0633. The Kier molecular flexibility index (Phi) is 3.78. The van der Waals surface area contributed by atoms with Crippen molar-refractivity contribution in [2.24, 2.45) is 0 Å². The summed E-state index contributed by atoms with van der Waals surface area (Å²) in [6.45, 7) is 2.87. The van der Waals surface area contributed by atoms with Gasteiger partial charge in [-0.3, -0.25) is 14.4 Å². The number of hydrogen-bond acceptors (Lipinski definition) is 3. The maximum absolute atomic E-state index is 13.4. The number of allylic oxidation sites excluding steroid dienone is 1. The van der Waals surface area contributed by atoms with Crippen molar-refractivity contribution in [3.63, 3.8) is 0 Å². The third-order valence-electron chi connectivity index (χ3n) is 6.63. The highest BCUT2D eigenvalue weighted by Gasteiger charge is 2.31. The monoisotopic (exact) mass is 408 g/mol. The first-order chi connectivity index (χ1) is 15.0. The van der Waals surface area contributed by atoms with Crippen LogP contribution >= 0.6 is 0 Å². The van der Waals surface area contributed by atoms with Gasteiger partial charge in [-0.1, -0.05) is 17.6 Å². The fourth-order valence-corrected chi connectivity index (χ4v) is 5.19. The number of nitrogens with one attached hydrogen (secondary N) is 1. The van der Waals surface area contributed by atoms with Crippen molar-refractivity contribution in [2.45, 2.75) is 19.8 Å². The van der Waals surface area contributed by atoms with Crippen LogP contribution in [0.25, 0.3) is 17.0 Å². The van der Waals surface area contributed by atoms with Crippen LogP contribution in [0.4, 0.5) is 11.4 Å². The molecule has 4 heterocycles. The van der Waals surface area contributed by atoms with Crippen molar-refractivity contribution in [3.8, 4) is 0 Å². The number of hydrogen-bond donors (Lipinski definition) is 1. The molecule has 3 aliphatic rings. The minimum absolute atomic E-state index is 0.0372. The Labute approximate surface area is 179 Å². The molecule has 0 atom stereocenters. The predicted molar refractivity (Wildman–Crippen MR) is 121 cm³/mol. The summed E-state index contributed by atoms with van der Waals surface area (Å²) in [4.78, 5) is 43.4. The molecule has 0 aliphatic carbocycles. The minimum Gasteiger partial charge on any atom is -0.351 e. The highest BCUT2D eigenvalue weighted by molar-refractivity contribution is 6.69. The van der Waals surface area contributed by atoms with Gasteiger partial charge in [-0.05, 0) is 59.3 Å². The molecule has 2 amide bonds. The third kappa shape index (κ3) is 2.56. The molecule has 0 unspecified atom stereocenters. The quantitative estimate of drug-likeness (QED) is 0.522. The Morgan fingerprint density at radius 3 is 2.58 bits per heavy atom. The molecule has 0 saturated carbocycles. The number of carbonyl (C=O) groups excluding carboxylic acids is 3. The van der Waals surface area contributed by atoms with Crippen molar-refractivity contribution < 1.29 is 14.4 Å². The van der Waals surface area contributed by atoms with E-state index in [-0.39, 0.29) is 11.8 Å². The molecule has 1 aromatic heterocycles. The average molecular weight is 408 g/mol. The molecular weight excluding hydrogens is 389 g/mol. The second-order valence-corrected chi connectivity index (χ2v) is 8.31. The maximum Gasteiger partial charge on any atom is 0.274 e. The van der Waals surface area contributed by atoms with Crippen LogP contribution in [0.2, 0.25) is 0 Å². The van der Waals surface area contributed by atoms with Gasteiger partial charge in [-0.15, -0.1) is 0 Å². The Hall–Kier alpha value is -3.61. The summed E-state index contributed by atoms with van der Waals surface area (Å²) in [5, 5.41) is 1.01. The molecule has 0 bridgehead atoms. The molecule has 151 valence electrons. The second-order valence-electron chi connectivity index (χ2n) is 8.31. The van der Waals surface area contributed by atoms with Gasteiger partial charge in [0.05, 0.1) is 0 Å². The van der Waals surface area contributed by atoms with E-state index in [9.17, 15) is 14.4 Å². The largest absolute Gasteiger partial charge is 0.351 e. The number of anilines is 2. The fourth-order valence-electron chi connectivity index (χ4n) is 5.19. The van der Waals surface area contributed by atoms with Crippen LogP contribution in [-0.2, 0) is 22.4 Å². The number of rotatable bonds is 2. The van der Waals surface area contributed by atoms with Crippen molar-refractivity contribution >= 4 is 59.2 Å². The molecule has 6 nitrogen and oxygen atoms in total. The van der Waals surface area contributed by atoms with E-state index in [0.29, 0.717) is 24.3 Å². The zero-order chi connectivity index (χ0) is 21.3. The molecule has 1 radical (unpaired) electrons. The summed E-state index contributed by atoms with van der Waals surface area (Å²) in [6.07, 6.45) is 4.32. The highest BCUT2D eigenvalue weighted by Crippen LogP contribution is 2.37. The normalized spacial score (nSPS) is 16.1. The van der Waals surface area contributed by atoms with Gasteiger partial charge >= 0.3 is 0 Å². The molecule has 0 fully saturated rings. The molecule has 0 saturated heterocycles. The zero-order valence-corrected chi connectivity index (χ0v) is 17.1. The molecule has 7 heteroatoms. The number of H-pyrrole nitrogens is 1. The SMILES string of the molecule is CC(=O)N1CCc2c1ccc1[nH]c(C(=O)N3CCc4c3ccc3c4C=C(C=O)[B]3)cc21. The van der Waals surface area contributed by atoms with E-state index in [1.54, 1.807) is 11.8 Å². The van der Waals surface area contributed by atoms with Gasteiger partial charge in [0.1, 0.15) is 12.0 Å². The Balaban J connectivity index is 1.38. The van der Waals surface area contributed by atoms with Crippen molar-refractivity contribution in [1.29, 1.82) is 0 Å². The van der Waals surface area contributed by atoms with E-state index in [1.165, 1.54) is 0 Å². The zero-order valence-electron chi connectivity index (χ0n) is 17.1. The van der Waals surface area contributed by atoms with Crippen LogP contribution in [0, 0.1) is 0 Å². The van der Waals surface area contributed by atoms with Gasteiger partial charge in [0, 0.05) is 42.3 Å². The van der Waals surface area contributed by atoms with Gasteiger partial charge < -0.3 is 14.8 Å². The standard InChI is InChI=1S/C24H19BN3O3/c1-13(30)27-8-6-16-18-11-21(26-20(18)3-5-22(16)27)24(31)28-9-7-15-17-10-14(12-29)25-19(17)2-4-23(15)28/h2-5,10-12,26H,6-9H2,1H3. The number of nitrogens with zero attached hydrogens (tertiary/aromatic N) is 2. The fraction of sp³-hybridized carbons (Fsp3) is 0.208.